The number of unbranched alkanes of at least 4 members (excludes halogenated alkanes) is 4. The number of rotatable bonds is 7. The summed E-state index contributed by atoms with van der Waals surface area (Å²) in [6.45, 7) is 2.56. The molecule has 1 saturated heterocycles. The van der Waals surface area contributed by atoms with E-state index >= 15 is 0 Å². The molecule has 0 saturated carbocycles. The zero-order valence-electron chi connectivity index (χ0n) is 10.9. The summed E-state index contributed by atoms with van der Waals surface area (Å²) in [7, 11) is 0. The Hall–Kier alpha value is -0.160. The second-order valence-corrected chi connectivity index (χ2v) is 5.14. The molecule has 3 N–H and O–H groups in total. The monoisotopic (exact) mass is 245 g/mol. The standard InChI is InChI=1S/C13H27NO3/c1-2-3-4-5-6-7-11-8-12(16)13(17)9-14(11)10-15/h11-13,15-17H,2-10H2,1H3. The summed E-state index contributed by atoms with van der Waals surface area (Å²) in [5, 5.41) is 28.4. The number of hydrogen-bond acceptors (Lipinski definition) is 4. The number of β-amino-alcohol motifs (C(OH)–C–C–N with tert-alkyl or cyclic N) is 1. The molecule has 4 heteroatoms. The summed E-state index contributed by atoms with van der Waals surface area (Å²) < 4.78 is 0. The Labute approximate surface area is 104 Å². The van der Waals surface area contributed by atoms with Crippen LogP contribution in [0.5, 0.6) is 0 Å². The molecule has 0 aromatic carbocycles. The van der Waals surface area contributed by atoms with Crippen LogP contribution in [0.2, 0.25) is 0 Å². The molecule has 0 amide bonds. The third-order valence-electron chi connectivity index (χ3n) is 3.72. The molecule has 17 heavy (non-hydrogen) atoms. The smallest absolute Gasteiger partial charge is 0.0959 e. The summed E-state index contributed by atoms with van der Waals surface area (Å²) in [6, 6.07) is 0.222. The number of likely N-dealkylation sites (tertiary alicyclic amines) is 1. The minimum absolute atomic E-state index is 0.0244. The lowest BCUT2D eigenvalue weighted by Gasteiger charge is -2.39. The fourth-order valence-corrected chi connectivity index (χ4v) is 2.55. The van der Waals surface area contributed by atoms with Crippen molar-refractivity contribution in [3.8, 4) is 0 Å². The van der Waals surface area contributed by atoms with Gasteiger partial charge in [-0.05, 0) is 12.8 Å². The summed E-state index contributed by atoms with van der Waals surface area (Å²) in [5.41, 5.74) is 0. The summed E-state index contributed by atoms with van der Waals surface area (Å²) >= 11 is 0. The van der Waals surface area contributed by atoms with Gasteiger partial charge in [0, 0.05) is 12.6 Å². The molecule has 3 atom stereocenters. The Morgan fingerprint density at radius 2 is 1.76 bits per heavy atom. The highest BCUT2D eigenvalue weighted by Crippen LogP contribution is 2.22. The molecule has 3 unspecified atom stereocenters. The summed E-state index contributed by atoms with van der Waals surface area (Å²) in [5.74, 6) is 0. The van der Waals surface area contributed by atoms with E-state index in [9.17, 15) is 15.3 Å². The number of nitrogens with zero attached hydrogens (tertiary/aromatic N) is 1. The first kappa shape index (κ1) is 14.9. The van der Waals surface area contributed by atoms with E-state index in [2.05, 4.69) is 6.92 Å². The second kappa shape index (κ2) is 8.03. The van der Waals surface area contributed by atoms with Crippen LogP contribution in [-0.4, -0.2) is 51.7 Å². The Balaban J connectivity index is 2.24. The van der Waals surface area contributed by atoms with Crippen molar-refractivity contribution in [3.05, 3.63) is 0 Å². The lowest BCUT2D eigenvalue weighted by atomic mass is 9.93. The van der Waals surface area contributed by atoms with Crippen molar-refractivity contribution in [2.75, 3.05) is 13.3 Å². The first-order valence-electron chi connectivity index (χ1n) is 6.90. The van der Waals surface area contributed by atoms with Crippen LogP contribution >= 0.6 is 0 Å². The maximum absolute atomic E-state index is 9.64. The van der Waals surface area contributed by atoms with Crippen LogP contribution < -0.4 is 0 Å². The van der Waals surface area contributed by atoms with E-state index in [4.69, 9.17) is 0 Å². The molecule has 102 valence electrons. The minimum Gasteiger partial charge on any atom is -0.390 e. The van der Waals surface area contributed by atoms with Crippen LogP contribution in [0.25, 0.3) is 0 Å². The number of hydrogen-bond donors (Lipinski definition) is 3. The van der Waals surface area contributed by atoms with Crippen molar-refractivity contribution in [1.82, 2.24) is 4.90 Å². The van der Waals surface area contributed by atoms with Crippen LogP contribution in [0.4, 0.5) is 0 Å². The molecule has 0 aromatic heterocycles. The van der Waals surface area contributed by atoms with Gasteiger partial charge >= 0.3 is 0 Å². The molecule has 0 aromatic rings. The Morgan fingerprint density at radius 1 is 1.06 bits per heavy atom. The number of aliphatic hydroxyl groups excluding tert-OH is 3. The van der Waals surface area contributed by atoms with Gasteiger partial charge in [0.25, 0.3) is 0 Å². The van der Waals surface area contributed by atoms with Crippen LogP contribution in [-0.2, 0) is 0 Å². The maximum Gasteiger partial charge on any atom is 0.0959 e. The molecular weight excluding hydrogens is 218 g/mol. The van der Waals surface area contributed by atoms with E-state index in [1.807, 2.05) is 4.90 Å². The van der Waals surface area contributed by atoms with Crippen molar-refractivity contribution in [1.29, 1.82) is 0 Å². The molecule has 1 aliphatic heterocycles. The van der Waals surface area contributed by atoms with E-state index in [0.29, 0.717) is 13.0 Å². The third-order valence-corrected chi connectivity index (χ3v) is 3.72. The first-order valence-corrected chi connectivity index (χ1v) is 6.90. The maximum atomic E-state index is 9.64. The quantitative estimate of drug-likeness (QED) is 0.588. The Kier molecular flexibility index (Phi) is 7.04. The second-order valence-electron chi connectivity index (χ2n) is 5.14. The van der Waals surface area contributed by atoms with Crippen LogP contribution in [0.3, 0.4) is 0 Å². The van der Waals surface area contributed by atoms with Crippen LogP contribution in [0.1, 0.15) is 51.9 Å². The van der Waals surface area contributed by atoms with E-state index < -0.39 is 12.2 Å². The number of piperidine rings is 1. The van der Waals surface area contributed by atoms with Crippen molar-refractivity contribution >= 4 is 0 Å². The van der Waals surface area contributed by atoms with Gasteiger partial charge in [0.2, 0.25) is 0 Å². The van der Waals surface area contributed by atoms with Gasteiger partial charge in [-0.3, -0.25) is 4.90 Å². The van der Waals surface area contributed by atoms with Crippen molar-refractivity contribution < 1.29 is 15.3 Å². The van der Waals surface area contributed by atoms with E-state index in [0.717, 1.165) is 12.8 Å². The average molecular weight is 245 g/mol. The third kappa shape index (κ3) is 4.92. The van der Waals surface area contributed by atoms with Gasteiger partial charge in [0.1, 0.15) is 0 Å². The van der Waals surface area contributed by atoms with Gasteiger partial charge in [-0.25, -0.2) is 0 Å². The molecule has 1 rings (SSSR count). The molecule has 0 spiro atoms. The minimum atomic E-state index is -0.710. The first-order chi connectivity index (χ1) is 8.19. The van der Waals surface area contributed by atoms with Crippen molar-refractivity contribution in [2.24, 2.45) is 0 Å². The topological polar surface area (TPSA) is 63.9 Å². The zero-order valence-corrected chi connectivity index (χ0v) is 10.9. The van der Waals surface area contributed by atoms with Gasteiger partial charge in [-0.15, -0.1) is 0 Å². The Bertz CT molecular complexity index is 201. The zero-order chi connectivity index (χ0) is 12.7. The van der Waals surface area contributed by atoms with Crippen LogP contribution in [0, 0.1) is 0 Å². The van der Waals surface area contributed by atoms with Crippen molar-refractivity contribution in [3.63, 3.8) is 0 Å². The number of aliphatic hydroxyl groups is 3. The van der Waals surface area contributed by atoms with Crippen LogP contribution in [0.15, 0.2) is 0 Å². The van der Waals surface area contributed by atoms with Gasteiger partial charge in [-0.2, -0.15) is 0 Å². The predicted octanol–water partition coefficient (Wildman–Crippen LogP) is 1.09. The molecule has 1 aliphatic rings. The molecule has 0 bridgehead atoms. The highest BCUT2D eigenvalue weighted by atomic mass is 16.3. The highest BCUT2D eigenvalue weighted by Gasteiger charge is 2.32. The Morgan fingerprint density at radius 3 is 2.41 bits per heavy atom. The lowest BCUT2D eigenvalue weighted by molar-refractivity contribution is -0.0849. The van der Waals surface area contributed by atoms with E-state index in [1.165, 1.54) is 25.7 Å². The SMILES string of the molecule is CCCCCCCC1CC(O)C(O)CN1CO. The average Bonchev–Trinajstić information content (AvgIpc) is 2.33. The molecule has 1 heterocycles. The lowest BCUT2D eigenvalue weighted by Crippen LogP contribution is -2.52. The normalized spacial score (nSPS) is 30.7. The van der Waals surface area contributed by atoms with E-state index in [-0.39, 0.29) is 12.8 Å². The molecule has 0 aliphatic carbocycles. The molecule has 1 fully saturated rings. The highest BCUT2D eigenvalue weighted by molar-refractivity contribution is 4.85. The fourth-order valence-electron chi connectivity index (χ4n) is 2.55. The van der Waals surface area contributed by atoms with Gasteiger partial charge in [0.15, 0.2) is 0 Å². The van der Waals surface area contributed by atoms with Crippen molar-refractivity contribution in [2.45, 2.75) is 70.1 Å². The van der Waals surface area contributed by atoms with Gasteiger partial charge in [0.05, 0.1) is 18.9 Å². The fraction of sp³-hybridized carbons (Fsp3) is 1.00. The van der Waals surface area contributed by atoms with E-state index in [1.54, 1.807) is 0 Å². The molecule has 0 radical (unpaired) electrons. The van der Waals surface area contributed by atoms with Gasteiger partial charge < -0.3 is 15.3 Å². The molecular formula is C13H27NO3. The molecule has 4 nitrogen and oxygen atoms in total. The summed E-state index contributed by atoms with van der Waals surface area (Å²) in [6.07, 6.45) is 6.42. The predicted molar refractivity (Wildman–Crippen MR) is 67.6 cm³/mol. The summed E-state index contributed by atoms with van der Waals surface area (Å²) in [4.78, 5) is 1.87. The van der Waals surface area contributed by atoms with Gasteiger partial charge in [-0.1, -0.05) is 39.0 Å². The largest absolute Gasteiger partial charge is 0.390 e.